The van der Waals surface area contributed by atoms with E-state index in [0.717, 1.165) is 5.56 Å². The number of Topliss-reactive ketones (excluding diaryl/α,β-unsaturated/α-hetero) is 1. The number of ketones is 1. The van der Waals surface area contributed by atoms with Gasteiger partial charge in [0.25, 0.3) is 5.91 Å². The maximum Gasteiger partial charge on any atom is 0.262 e. The van der Waals surface area contributed by atoms with Crippen molar-refractivity contribution in [3.63, 3.8) is 0 Å². The molecule has 0 aromatic heterocycles. The molecule has 0 spiro atoms. The highest BCUT2D eigenvalue weighted by Crippen LogP contribution is 2.33. The largest absolute Gasteiger partial charge is 0.377 e. The number of fused-ring (bicyclic) bond motifs is 1. The Hall–Kier alpha value is -1.84. The molecule has 16 heavy (non-hydrogen) atoms. The normalized spacial score (nSPS) is 19.1. The number of hydrogen-bond acceptors (Lipinski definition) is 3. The molecule has 1 aromatic carbocycles. The van der Waals surface area contributed by atoms with E-state index in [1.807, 2.05) is 6.92 Å². The fourth-order valence-corrected chi connectivity index (χ4v) is 1.79. The second kappa shape index (κ2) is 3.63. The van der Waals surface area contributed by atoms with Crippen LogP contribution in [-0.2, 0) is 4.79 Å². The lowest BCUT2D eigenvalue weighted by molar-refractivity contribution is -0.157. The fraction of sp³-hybridized carbons (Fsp3) is 0.333. The van der Waals surface area contributed by atoms with Crippen LogP contribution in [0.5, 0.6) is 5.75 Å². The third kappa shape index (κ3) is 1.56. The third-order valence-electron chi connectivity index (χ3n) is 2.80. The van der Waals surface area contributed by atoms with Crippen molar-refractivity contribution in [3.05, 3.63) is 29.3 Å². The predicted molar refractivity (Wildman–Crippen MR) is 58.3 cm³/mol. The summed E-state index contributed by atoms with van der Waals surface area (Å²) in [4.78, 5) is 28.2. The summed E-state index contributed by atoms with van der Waals surface area (Å²) in [5, 5.41) is 1.21. The van der Waals surface area contributed by atoms with Crippen LogP contribution in [0, 0.1) is 0 Å². The summed E-state index contributed by atoms with van der Waals surface area (Å²) in [5.41, 5.74) is 1.42. The lowest BCUT2D eigenvalue weighted by Gasteiger charge is -2.29. The van der Waals surface area contributed by atoms with Crippen LogP contribution in [0.3, 0.4) is 0 Å². The minimum Gasteiger partial charge on any atom is -0.377 e. The van der Waals surface area contributed by atoms with E-state index in [4.69, 9.17) is 4.84 Å². The highest BCUT2D eigenvalue weighted by molar-refractivity contribution is 5.95. The Balaban J connectivity index is 2.49. The molecule has 1 aliphatic heterocycles. The van der Waals surface area contributed by atoms with Gasteiger partial charge in [-0.1, -0.05) is 12.1 Å². The molecule has 0 N–H and O–H groups in total. The van der Waals surface area contributed by atoms with Crippen LogP contribution >= 0.6 is 0 Å². The predicted octanol–water partition coefficient (Wildman–Crippen LogP) is 1.76. The summed E-state index contributed by atoms with van der Waals surface area (Å²) in [6, 6.07) is 5.18. The van der Waals surface area contributed by atoms with Crippen LogP contribution in [0.4, 0.5) is 0 Å². The molecule has 4 heteroatoms. The Bertz CT molecular complexity index is 467. The summed E-state index contributed by atoms with van der Waals surface area (Å²) in [5.74, 6) is 0.263. The van der Waals surface area contributed by atoms with Gasteiger partial charge in [-0.25, -0.2) is 0 Å². The minimum absolute atomic E-state index is 0.0152. The number of carbonyl (C=O) groups is 2. The lowest BCUT2D eigenvalue weighted by Crippen LogP contribution is -2.37. The van der Waals surface area contributed by atoms with E-state index < -0.39 is 0 Å². The first-order valence-electron chi connectivity index (χ1n) is 5.11. The van der Waals surface area contributed by atoms with Crippen LogP contribution in [0.1, 0.15) is 35.7 Å². The molecule has 1 atom stereocenters. The Morgan fingerprint density at radius 1 is 1.44 bits per heavy atom. The number of hydroxylamine groups is 2. The monoisotopic (exact) mass is 219 g/mol. The summed E-state index contributed by atoms with van der Waals surface area (Å²) in [6.07, 6.45) is 0. The summed E-state index contributed by atoms with van der Waals surface area (Å²) < 4.78 is 0. The molecular weight excluding hydrogens is 206 g/mol. The number of likely N-dealkylation sites (N-methyl/N-ethyl adjacent to an activating group) is 1. The summed E-state index contributed by atoms with van der Waals surface area (Å²) >= 11 is 0. The molecule has 0 saturated carbocycles. The fourth-order valence-electron chi connectivity index (χ4n) is 1.79. The number of rotatable bonds is 1. The molecule has 84 valence electrons. The minimum atomic E-state index is -0.227. The van der Waals surface area contributed by atoms with Gasteiger partial charge >= 0.3 is 0 Å². The zero-order valence-corrected chi connectivity index (χ0v) is 9.48. The molecule has 0 saturated heterocycles. The maximum absolute atomic E-state index is 11.6. The number of hydrogen-bond donors (Lipinski definition) is 0. The Morgan fingerprint density at radius 3 is 2.75 bits per heavy atom. The van der Waals surface area contributed by atoms with Gasteiger partial charge < -0.3 is 4.84 Å². The van der Waals surface area contributed by atoms with Gasteiger partial charge in [-0.3, -0.25) is 9.59 Å². The molecule has 0 aliphatic carbocycles. The standard InChI is InChI=1S/C12H13NO3/c1-7-10-5-4-9(8(2)14)6-11(10)16-13(3)12(7)15/h4-7H,1-3H3. The second-order valence-corrected chi connectivity index (χ2v) is 3.96. The van der Waals surface area contributed by atoms with E-state index in [-0.39, 0.29) is 17.6 Å². The van der Waals surface area contributed by atoms with Crippen molar-refractivity contribution in [1.29, 1.82) is 0 Å². The van der Waals surface area contributed by atoms with E-state index in [2.05, 4.69) is 0 Å². The van der Waals surface area contributed by atoms with Crippen LogP contribution in [0.2, 0.25) is 0 Å². The smallest absolute Gasteiger partial charge is 0.262 e. The SMILES string of the molecule is CC(=O)c1ccc2c(c1)ON(C)C(=O)C2C. The third-order valence-corrected chi connectivity index (χ3v) is 2.80. The first-order chi connectivity index (χ1) is 7.50. The van der Waals surface area contributed by atoms with E-state index in [1.165, 1.54) is 12.0 Å². The van der Waals surface area contributed by atoms with Crippen molar-refractivity contribution >= 4 is 11.7 Å². The molecule has 1 unspecified atom stereocenters. The molecule has 0 fully saturated rings. The lowest BCUT2D eigenvalue weighted by atomic mass is 9.96. The Morgan fingerprint density at radius 2 is 2.12 bits per heavy atom. The molecule has 4 nitrogen and oxygen atoms in total. The molecule has 1 aliphatic rings. The van der Waals surface area contributed by atoms with Crippen LogP contribution in [0.15, 0.2) is 18.2 Å². The quantitative estimate of drug-likeness (QED) is 0.676. The molecule has 2 rings (SSSR count). The van der Waals surface area contributed by atoms with Crippen molar-refractivity contribution in [3.8, 4) is 5.75 Å². The zero-order chi connectivity index (χ0) is 11.9. The molecule has 1 heterocycles. The molecule has 0 bridgehead atoms. The number of benzene rings is 1. The zero-order valence-electron chi connectivity index (χ0n) is 9.48. The van der Waals surface area contributed by atoms with E-state index in [0.29, 0.717) is 11.3 Å². The maximum atomic E-state index is 11.6. The molecule has 1 aromatic rings. The van der Waals surface area contributed by atoms with Crippen molar-refractivity contribution < 1.29 is 14.4 Å². The Kier molecular flexibility index (Phi) is 2.42. The molecular formula is C12H13NO3. The highest BCUT2D eigenvalue weighted by Gasteiger charge is 2.29. The van der Waals surface area contributed by atoms with Gasteiger partial charge in [0.05, 0.1) is 5.92 Å². The number of amides is 1. The van der Waals surface area contributed by atoms with Crippen molar-refractivity contribution in [2.24, 2.45) is 0 Å². The van der Waals surface area contributed by atoms with Crippen LogP contribution in [0.25, 0.3) is 0 Å². The molecule has 1 amide bonds. The van der Waals surface area contributed by atoms with E-state index in [1.54, 1.807) is 25.2 Å². The van der Waals surface area contributed by atoms with E-state index >= 15 is 0 Å². The number of nitrogens with zero attached hydrogens (tertiary/aromatic N) is 1. The van der Waals surface area contributed by atoms with Crippen molar-refractivity contribution in [2.45, 2.75) is 19.8 Å². The summed E-state index contributed by atoms with van der Waals surface area (Å²) in [7, 11) is 1.57. The number of carbonyl (C=O) groups excluding carboxylic acids is 2. The topological polar surface area (TPSA) is 46.6 Å². The van der Waals surface area contributed by atoms with Gasteiger partial charge in [0.15, 0.2) is 11.5 Å². The Labute approximate surface area is 93.8 Å². The first kappa shape index (κ1) is 10.7. The average molecular weight is 219 g/mol. The van der Waals surface area contributed by atoms with Gasteiger partial charge in [-0.15, -0.1) is 0 Å². The van der Waals surface area contributed by atoms with Gasteiger partial charge in [-0.2, -0.15) is 5.06 Å². The summed E-state index contributed by atoms with van der Waals surface area (Å²) in [6.45, 7) is 3.33. The van der Waals surface area contributed by atoms with Gasteiger partial charge in [0.2, 0.25) is 0 Å². The first-order valence-corrected chi connectivity index (χ1v) is 5.11. The van der Waals surface area contributed by atoms with Gasteiger partial charge in [-0.05, 0) is 19.9 Å². The van der Waals surface area contributed by atoms with Crippen molar-refractivity contribution in [1.82, 2.24) is 5.06 Å². The van der Waals surface area contributed by atoms with E-state index in [9.17, 15) is 9.59 Å². The average Bonchev–Trinajstić information content (AvgIpc) is 2.25. The van der Waals surface area contributed by atoms with Crippen LogP contribution < -0.4 is 4.84 Å². The van der Waals surface area contributed by atoms with Crippen LogP contribution in [-0.4, -0.2) is 23.8 Å². The molecule has 0 radical (unpaired) electrons. The van der Waals surface area contributed by atoms with Crippen molar-refractivity contribution in [2.75, 3.05) is 7.05 Å². The van der Waals surface area contributed by atoms with Gasteiger partial charge in [0.1, 0.15) is 0 Å². The second-order valence-electron chi connectivity index (χ2n) is 3.96. The van der Waals surface area contributed by atoms with Gasteiger partial charge in [0, 0.05) is 18.2 Å². The highest BCUT2D eigenvalue weighted by atomic mass is 16.7.